The van der Waals surface area contributed by atoms with Gasteiger partial charge in [-0.1, -0.05) is 6.07 Å². The Kier molecular flexibility index (Phi) is 7.72. The summed E-state index contributed by atoms with van der Waals surface area (Å²) in [6.45, 7) is 0.627. The van der Waals surface area contributed by atoms with Gasteiger partial charge in [0.25, 0.3) is 0 Å². The number of allylic oxidation sites excluding steroid dienone is 2. The molecule has 1 aliphatic rings. The first-order valence-electron chi connectivity index (χ1n) is 9.29. The Labute approximate surface area is 176 Å². The van der Waals surface area contributed by atoms with Gasteiger partial charge in [0, 0.05) is 22.9 Å². The Balaban J connectivity index is 1.40. The highest BCUT2D eigenvalue weighted by molar-refractivity contribution is 7.99. The predicted molar refractivity (Wildman–Crippen MR) is 110 cm³/mol. The maximum absolute atomic E-state index is 12.9. The smallest absolute Gasteiger partial charge is 0.416 e. The molecule has 3 nitrogen and oxygen atoms in total. The molecule has 0 N–H and O–H groups in total. The number of rotatable bonds is 9. The lowest BCUT2D eigenvalue weighted by atomic mass is 10.1. The molecule has 1 aromatic carbocycles. The minimum absolute atomic E-state index is 0.359. The normalized spacial score (nSPS) is 14.3. The van der Waals surface area contributed by atoms with Gasteiger partial charge in [0.05, 0.1) is 23.6 Å². The third kappa shape index (κ3) is 6.31. The number of hydrogen-bond acceptors (Lipinski definition) is 4. The number of hydrogen-bond donors (Lipinski definition) is 0. The number of unbranched alkanes of at least 4 members (excludes halogenated alkanes) is 2. The molecule has 2 heterocycles. The molecule has 0 saturated carbocycles. The maximum atomic E-state index is 12.9. The minimum Gasteiger partial charge on any atom is -0.494 e. The fourth-order valence-electron chi connectivity index (χ4n) is 2.82. The highest BCUT2D eigenvalue weighted by atomic mass is 35.5. The fraction of sp³-hybridized carbons (Fsp3) is 0.381. The molecule has 0 spiro atoms. The topological polar surface area (TPSA) is 31.4 Å². The first-order chi connectivity index (χ1) is 14.0. The summed E-state index contributed by atoms with van der Waals surface area (Å²) in [5.41, 5.74) is -0.305. The van der Waals surface area contributed by atoms with Gasteiger partial charge in [-0.3, -0.25) is 4.98 Å². The van der Waals surface area contributed by atoms with Crippen LogP contribution in [0.2, 0.25) is 0 Å². The van der Waals surface area contributed by atoms with Crippen LogP contribution < -0.4 is 0 Å². The van der Waals surface area contributed by atoms with Crippen molar-refractivity contribution < 1.29 is 22.6 Å². The highest BCUT2D eigenvalue weighted by Gasteiger charge is 2.30. The molecule has 0 aliphatic carbocycles. The zero-order chi connectivity index (χ0) is 20.7. The third-order valence-electron chi connectivity index (χ3n) is 4.37. The second-order valence-corrected chi connectivity index (χ2v) is 7.91. The molecule has 0 fully saturated rings. The van der Waals surface area contributed by atoms with E-state index in [1.807, 2.05) is 12.1 Å². The van der Waals surface area contributed by atoms with Crippen LogP contribution in [-0.4, -0.2) is 23.2 Å². The number of aromatic nitrogens is 1. The van der Waals surface area contributed by atoms with Crippen LogP contribution in [0.5, 0.6) is 0 Å². The van der Waals surface area contributed by atoms with Crippen LogP contribution in [-0.2, 0) is 15.7 Å². The van der Waals surface area contributed by atoms with E-state index in [0.29, 0.717) is 24.4 Å². The van der Waals surface area contributed by atoms with E-state index in [0.717, 1.165) is 58.9 Å². The maximum Gasteiger partial charge on any atom is 0.416 e. The van der Waals surface area contributed by atoms with E-state index in [1.165, 1.54) is 6.07 Å². The Hall–Kier alpha value is -1.86. The summed E-state index contributed by atoms with van der Waals surface area (Å²) in [4.78, 5) is 5.03. The highest BCUT2D eigenvalue weighted by Crippen LogP contribution is 2.34. The molecule has 0 radical (unpaired) electrons. The second-order valence-electron chi connectivity index (χ2n) is 6.51. The van der Waals surface area contributed by atoms with E-state index >= 15 is 0 Å². The molecule has 156 valence electrons. The molecule has 0 saturated heterocycles. The van der Waals surface area contributed by atoms with Crippen LogP contribution in [0.4, 0.5) is 13.2 Å². The first kappa shape index (κ1) is 21.8. The Bertz CT molecular complexity index is 899. The molecule has 3 rings (SSSR count). The van der Waals surface area contributed by atoms with Crippen LogP contribution >= 0.6 is 23.4 Å². The van der Waals surface area contributed by atoms with E-state index in [9.17, 15) is 13.2 Å². The van der Waals surface area contributed by atoms with Crippen molar-refractivity contribution in [2.75, 3.05) is 18.2 Å². The zero-order valence-electron chi connectivity index (χ0n) is 15.7. The number of thioether (sulfide) groups is 1. The summed E-state index contributed by atoms with van der Waals surface area (Å²) < 4.78 is 49.6. The summed E-state index contributed by atoms with van der Waals surface area (Å²) in [5, 5.41) is 0.752. The summed E-state index contributed by atoms with van der Waals surface area (Å²) in [6.07, 6.45) is 4.34. The van der Waals surface area contributed by atoms with Crippen molar-refractivity contribution in [1.29, 1.82) is 0 Å². The number of pyridine rings is 1. The zero-order valence-corrected chi connectivity index (χ0v) is 17.2. The number of fused-ring (bicyclic) bond motifs is 1. The van der Waals surface area contributed by atoms with E-state index < -0.39 is 11.7 Å². The van der Waals surface area contributed by atoms with Gasteiger partial charge in [-0.2, -0.15) is 13.2 Å². The Morgan fingerprint density at radius 3 is 2.76 bits per heavy atom. The lowest BCUT2D eigenvalue weighted by Gasteiger charge is -2.14. The molecule has 0 unspecified atom stereocenters. The largest absolute Gasteiger partial charge is 0.494 e. The molecular formula is C21H21ClF3NO2S. The monoisotopic (exact) mass is 443 g/mol. The summed E-state index contributed by atoms with van der Waals surface area (Å²) in [6, 6.07) is 5.57. The average Bonchev–Trinajstić information content (AvgIpc) is 2.72. The van der Waals surface area contributed by atoms with Gasteiger partial charge in [-0.25, -0.2) is 0 Å². The van der Waals surface area contributed by atoms with Crippen LogP contribution in [0.3, 0.4) is 0 Å². The van der Waals surface area contributed by atoms with Gasteiger partial charge in [-0.05, 0) is 49.3 Å². The summed E-state index contributed by atoms with van der Waals surface area (Å²) in [7, 11) is 0. The Morgan fingerprint density at radius 1 is 1.17 bits per heavy atom. The lowest BCUT2D eigenvalue weighted by molar-refractivity contribution is -0.137. The summed E-state index contributed by atoms with van der Waals surface area (Å²) in [5.74, 6) is 2.79. The molecule has 8 heteroatoms. The number of alkyl halides is 4. The fourth-order valence-corrected chi connectivity index (χ4v) is 4.05. The molecule has 0 bridgehead atoms. The molecular weight excluding hydrogens is 423 g/mol. The standard InChI is InChI=1S/C21H21ClF3NO2S/c22-13-16-5-6-17(14-28-16)27-10-2-1-3-11-29-20-8-9-26-19-12-15(21(23,24)25)4-7-18(19)20/h4-5,7-9,12,14H,1-3,6,10-11,13H2. The number of halogens is 4. The van der Waals surface area contributed by atoms with Crippen LogP contribution in [0, 0.1) is 0 Å². The molecule has 0 amide bonds. The minimum atomic E-state index is -4.36. The van der Waals surface area contributed by atoms with E-state index in [4.69, 9.17) is 21.1 Å². The second kappa shape index (κ2) is 10.3. The van der Waals surface area contributed by atoms with Crippen molar-refractivity contribution >= 4 is 34.3 Å². The van der Waals surface area contributed by atoms with Crippen molar-refractivity contribution in [1.82, 2.24) is 4.98 Å². The third-order valence-corrected chi connectivity index (χ3v) is 5.79. The predicted octanol–water partition coefficient (Wildman–Crippen LogP) is 6.92. The molecule has 2 aromatic rings. The van der Waals surface area contributed by atoms with Gasteiger partial charge in [0.1, 0.15) is 17.8 Å². The van der Waals surface area contributed by atoms with E-state index in [1.54, 1.807) is 24.2 Å². The van der Waals surface area contributed by atoms with E-state index in [-0.39, 0.29) is 0 Å². The van der Waals surface area contributed by atoms with Crippen molar-refractivity contribution in [3.63, 3.8) is 0 Å². The molecule has 1 aromatic heterocycles. The summed E-state index contributed by atoms with van der Waals surface area (Å²) >= 11 is 7.33. The van der Waals surface area contributed by atoms with Crippen molar-refractivity contribution in [3.05, 3.63) is 59.9 Å². The van der Waals surface area contributed by atoms with Gasteiger partial charge < -0.3 is 9.47 Å². The number of ether oxygens (including phenoxy) is 2. The van der Waals surface area contributed by atoms with Gasteiger partial charge in [0.2, 0.25) is 0 Å². The molecule has 29 heavy (non-hydrogen) atoms. The molecule has 0 atom stereocenters. The van der Waals surface area contributed by atoms with Crippen LogP contribution in [0.1, 0.15) is 31.2 Å². The van der Waals surface area contributed by atoms with E-state index in [2.05, 4.69) is 4.98 Å². The first-order valence-corrected chi connectivity index (χ1v) is 10.8. The van der Waals surface area contributed by atoms with Crippen LogP contribution in [0.25, 0.3) is 10.9 Å². The SMILES string of the molecule is FC(F)(F)c1ccc2c(SCCCCCOC3=COC(CCl)=CC3)ccnc2c1. The van der Waals surface area contributed by atoms with Gasteiger partial charge in [-0.15, -0.1) is 23.4 Å². The quantitative estimate of drug-likeness (QED) is 0.239. The van der Waals surface area contributed by atoms with Crippen molar-refractivity contribution in [2.45, 2.75) is 36.8 Å². The van der Waals surface area contributed by atoms with Crippen molar-refractivity contribution in [3.8, 4) is 0 Å². The van der Waals surface area contributed by atoms with Gasteiger partial charge >= 0.3 is 6.18 Å². The number of nitrogens with zero attached hydrogens (tertiary/aromatic N) is 1. The van der Waals surface area contributed by atoms with Crippen molar-refractivity contribution in [2.24, 2.45) is 0 Å². The Morgan fingerprint density at radius 2 is 2.03 bits per heavy atom. The lowest BCUT2D eigenvalue weighted by Crippen LogP contribution is -2.04. The average molecular weight is 444 g/mol. The molecule has 1 aliphatic heterocycles. The van der Waals surface area contributed by atoms with Gasteiger partial charge in [0.15, 0.2) is 0 Å². The van der Waals surface area contributed by atoms with Crippen LogP contribution in [0.15, 0.2) is 59.2 Å². The number of benzene rings is 1.